The van der Waals surface area contributed by atoms with Crippen LogP contribution in [0.25, 0.3) is 0 Å². The number of aromatic nitrogens is 3. The first-order chi connectivity index (χ1) is 9.88. The van der Waals surface area contributed by atoms with Crippen molar-refractivity contribution in [2.75, 3.05) is 19.0 Å². The number of nitrogens with zero attached hydrogens (tertiary/aromatic N) is 3. The van der Waals surface area contributed by atoms with E-state index < -0.39 is 0 Å². The number of anilines is 1. The molecule has 0 amide bonds. The van der Waals surface area contributed by atoms with Gasteiger partial charge in [0.15, 0.2) is 0 Å². The molecule has 114 valence electrons. The van der Waals surface area contributed by atoms with E-state index in [0.29, 0.717) is 0 Å². The van der Waals surface area contributed by atoms with E-state index in [-0.39, 0.29) is 5.41 Å². The van der Waals surface area contributed by atoms with E-state index in [4.69, 9.17) is 0 Å². The van der Waals surface area contributed by atoms with E-state index in [1.807, 2.05) is 37.5 Å². The monoisotopic (exact) mass is 287 g/mol. The molecule has 0 saturated carbocycles. The zero-order valence-electron chi connectivity index (χ0n) is 13.6. The summed E-state index contributed by atoms with van der Waals surface area (Å²) in [6.07, 6.45) is 3.82. The summed E-state index contributed by atoms with van der Waals surface area (Å²) < 4.78 is 0. The first-order valence-electron chi connectivity index (χ1n) is 7.23. The van der Waals surface area contributed by atoms with Crippen molar-refractivity contribution in [3.8, 4) is 0 Å². The van der Waals surface area contributed by atoms with E-state index in [1.54, 1.807) is 0 Å². The molecule has 0 spiro atoms. The van der Waals surface area contributed by atoms with Crippen molar-refractivity contribution < 1.29 is 0 Å². The summed E-state index contributed by atoms with van der Waals surface area (Å²) in [5.74, 6) is 0.976. The summed E-state index contributed by atoms with van der Waals surface area (Å²) in [6, 6.07) is 4.14. The maximum Gasteiger partial charge on any atom is 0.127 e. The lowest BCUT2D eigenvalue weighted by atomic mass is 9.89. The van der Waals surface area contributed by atoms with Crippen molar-refractivity contribution in [3.63, 3.8) is 0 Å². The van der Waals surface area contributed by atoms with Crippen LogP contribution < -0.4 is 10.2 Å². The first-order valence-corrected chi connectivity index (χ1v) is 7.23. The Balaban J connectivity index is 1.91. The van der Waals surface area contributed by atoms with Gasteiger partial charge in [-0.2, -0.15) is 5.10 Å². The van der Waals surface area contributed by atoms with Crippen molar-refractivity contribution in [1.82, 2.24) is 20.5 Å². The Kier molecular flexibility index (Phi) is 4.63. The number of hydrogen-bond donors (Lipinski definition) is 2. The van der Waals surface area contributed by atoms with Gasteiger partial charge in [0, 0.05) is 50.1 Å². The average molecular weight is 287 g/mol. The highest BCUT2D eigenvalue weighted by molar-refractivity contribution is 5.37. The molecular weight excluding hydrogens is 262 g/mol. The molecule has 0 aliphatic carbocycles. The van der Waals surface area contributed by atoms with Gasteiger partial charge in [0.1, 0.15) is 5.82 Å². The highest BCUT2D eigenvalue weighted by Gasteiger charge is 2.19. The van der Waals surface area contributed by atoms with Gasteiger partial charge in [-0.3, -0.25) is 5.10 Å². The molecular formula is C16H25N5. The van der Waals surface area contributed by atoms with E-state index in [1.165, 1.54) is 16.8 Å². The molecule has 0 atom stereocenters. The van der Waals surface area contributed by atoms with Gasteiger partial charge in [0.2, 0.25) is 0 Å². The predicted octanol–water partition coefficient (Wildman–Crippen LogP) is 2.46. The van der Waals surface area contributed by atoms with Crippen molar-refractivity contribution in [2.45, 2.75) is 39.3 Å². The third-order valence-corrected chi connectivity index (χ3v) is 3.38. The van der Waals surface area contributed by atoms with Crippen molar-refractivity contribution >= 4 is 5.82 Å². The molecule has 0 radical (unpaired) electrons. The fraction of sp³-hybridized carbons (Fsp3) is 0.500. The maximum atomic E-state index is 4.42. The Morgan fingerprint density at radius 2 is 1.90 bits per heavy atom. The SMILES string of the molecule is CN(C)c1ccc(CNCc2cn[nH]c2C(C)(C)C)cn1. The Bertz CT molecular complexity index is 563. The van der Waals surface area contributed by atoms with Gasteiger partial charge in [-0.15, -0.1) is 0 Å². The second kappa shape index (κ2) is 6.26. The van der Waals surface area contributed by atoms with Crippen LogP contribution in [0.3, 0.4) is 0 Å². The van der Waals surface area contributed by atoms with E-state index in [0.717, 1.165) is 18.9 Å². The summed E-state index contributed by atoms with van der Waals surface area (Å²) in [7, 11) is 3.99. The van der Waals surface area contributed by atoms with Gasteiger partial charge in [-0.1, -0.05) is 26.8 Å². The summed E-state index contributed by atoms with van der Waals surface area (Å²) in [5.41, 5.74) is 3.68. The molecule has 2 heterocycles. The molecule has 0 aromatic carbocycles. The molecule has 2 aromatic heterocycles. The van der Waals surface area contributed by atoms with Crippen LogP contribution in [0.2, 0.25) is 0 Å². The zero-order valence-corrected chi connectivity index (χ0v) is 13.6. The topological polar surface area (TPSA) is 56.8 Å². The third kappa shape index (κ3) is 4.04. The summed E-state index contributed by atoms with van der Waals surface area (Å²) in [6.45, 7) is 8.17. The Hall–Kier alpha value is -1.88. The third-order valence-electron chi connectivity index (χ3n) is 3.38. The molecule has 5 heteroatoms. The van der Waals surface area contributed by atoms with Gasteiger partial charge in [-0.25, -0.2) is 4.98 Å². The molecule has 2 aromatic rings. The number of hydrogen-bond acceptors (Lipinski definition) is 4. The quantitative estimate of drug-likeness (QED) is 0.887. The van der Waals surface area contributed by atoms with Crippen molar-refractivity contribution in [2.24, 2.45) is 0 Å². The zero-order chi connectivity index (χ0) is 15.5. The van der Waals surface area contributed by atoms with Crippen LogP contribution in [0.5, 0.6) is 0 Å². The Morgan fingerprint density at radius 1 is 1.14 bits per heavy atom. The molecule has 5 nitrogen and oxygen atoms in total. The van der Waals surface area contributed by atoms with E-state index >= 15 is 0 Å². The van der Waals surface area contributed by atoms with Crippen LogP contribution in [0, 0.1) is 0 Å². The molecule has 21 heavy (non-hydrogen) atoms. The van der Waals surface area contributed by atoms with Crippen LogP contribution in [0.4, 0.5) is 5.82 Å². The van der Waals surface area contributed by atoms with Crippen molar-refractivity contribution in [1.29, 1.82) is 0 Å². The number of pyridine rings is 1. The fourth-order valence-corrected chi connectivity index (χ4v) is 2.22. The number of aromatic amines is 1. The first kappa shape index (κ1) is 15.5. The van der Waals surface area contributed by atoms with Crippen LogP contribution in [-0.2, 0) is 18.5 Å². The van der Waals surface area contributed by atoms with E-state index in [9.17, 15) is 0 Å². The molecule has 0 aliphatic rings. The minimum Gasteiger partial charge on any atom is -0.363 e. The number of H-pyrrole nitrogens is 1. The van der Waals surface area contributed by atoms with Crippen LogP contribution in [0.15, 0.2) is 24.5 Å². The summed E-state index contributed by atoms with van der Waals surface area (Å²) >= 11 is 0. The second-order valence-corrected chi connectivity index (χ2v) is 6.54. The Labute approximate surface area is 126 Å². The number of nitrogens with one attached hydrogen (secondary N) is 2. The van der Waals surface area contributed by atoms with Gasteiger partial charge in [0.05, 0.1) is 6.20 Å². The summed E-state index contributed by atoms with van der Waals surface area (Å²) in [5, 5.41) is 10.7. The Morgan fingerprint density at radius 3 is 2.48 bits per heavy atom. The second-order valence-electron chi connectivity index (χ2n) is 6.54. The lowest BCUT2D eigenvalue weighted by molar-refractivity contribution is 0.553. The standard InChI is InChI=1S/C16H25N5/c1-16(2,3)15-13(11-19-20-15)10-17-8-12-6-7-14(18-9-12)21(4)5/h6-7,9,11,17H,8,10H2,1-5H3,(H,19,20). The van der Waals surface area contributed by atoms with Crippen LogP contribution in [-0.4, -0.2) is 29.3 Å². The molecule has 0 fully saturated rings. The van der Waals surface area contributed by atoms with E-state index in [2.05, 4.69) is 47.3 Å². The average Bonchev–Trinajstić information content (AvgIpc) is 2.88. The van der Waals surface area contributed by atoms with Crippen LogP contribution in [0.1, 0.15) is 37.6 Å². The molecule has 2 N–H and O–H groups in total. The minimum absolute atomic E-state index is 0.0857. The van der Waals surface area contributed by atoms with Crippen LogP contribution >= 0.6 is 0 Å². The van der Waals surface area contributed by atoms with Gasteiger partial charge in [0.25, 0.3) is 0 Å². The largest absolute Gasteiger partial charge is 0.363 e. The molecule has 2 rings (SSSR count). The predicted molar refractivity (Wildman–Crippen MR) is 86.4 cm³/mol. The van der Waals surface area contributed by atoms with Gasteiger partial charge >= 0.3 is 0 Å². The highest BCUT2D eigenvalue weighted by Crippen LogP contribution is 2.23. The lowest BCUT2D eigenvalue weighted by Gasteiger charge is -2.18. The smallest absolute Gasteiger partial charge is 0.127 e. The fourth-order valence-electron chi connectivity index (χ4n) is 2.22. The number of rotatable bonds is 5. The minimum atomic E-state index is 0.0857. The van der Waals surface area contributed by atoms with Gasteiger partial charge in [-0.05, 0) is 11.6 Å². The van der Waals surface area contributed by atoms with Crippen molar-refractivity contribution in [3.05, 3.63) is 41.3 Å². The highest BCUT2D eigenvalue weighted by atomic mass is 15.1. The molecule has 0 aliphatic heterocycles. The van der Waals surface area contributed by atoms with Gasteiger partial charge < -0.3 is 10.2 Å². The molecule has 0 unspecified atom stereocenters. The maximum absolute atomic E-state index is 4.42. The molecule has 0 bridgehead atoms. The lowest BCUT2D eigenvalue weighted by Crippen LogP contribution is -2.19. The normalized spacial score (nSPS) is 11.7. The molecule has 0 saturated heterocycles. The summed E-state index contributed by atoms with van der Waals surface area (Å²) in [4.78, 5) is 6.42.